The Balaban J connectivity index is 1.61. The minimum atomic E-state index is -2.81. The summed E-state index contributed by atoms with van der Waals surface area (Å²) >= 11 is 0. The molecular weight excluding hydrogens is 561 g/mol. The average molecular weight is 599 g/mol. The fourth-order valence-electron chi connectivity index (χ4n) is 6.48. The number of carbonyl (C=O) groups excluding carboxylic acids is 2. The molecule has 2 aliphatic heterocycles. The third kappa shape index (κ3) is 6.42. The van der Waals surface area contributed by atoms with Crippen molar-refractivity contribution in [1.82, 2.24) is 15.2 Å². The second-order valence-electron chi connectivity index (χ2n) is 12.9. The van der Waals surface area contributed by atoms with Crippen LogP contribution in [0.5, 0.6) is 0 Å². The Morgan fingerprint density at radius 2 is 1.91 bits per heavy atom. The number of hydrogen-bond acceptors (Lipinski definition) is 7. The smallest absolute Gasteiger partial charge is 0.251 e. The first-order valence-corrected chi connectivity index (χ1v) is 14.6. The summed E-state index contributed by atoms with van der Waals surface area (Å²) in [5, 5.41) is 26.8. The van der Waals surface area contributed by atoms with Gasteiger partial charge in [0.05, 0.1) is 18.3 Å². The number of hydrogen-bond donors (Lipinski definition) is 3. The van der Waals surface area contributed by atoms with Gasteiger partial charge in [0.2, 0.25) is 11.8 Å². The number of nitrogens with one attached hydrogen (secondary N) is 2. The van der Waals surface area contributed by atoms with Gasteiger partial charge in [0, 0.05) is 55.0 Å². The topological polar surface area (TPSA) is 122 Å². The molecule has 1 aromatic carbocycles. The van der Waals surface area contributed by atoms with Crippen LogP contribution < -0.4 is 15.5 Å². The highest BCUT2D eigenvalue weighted by atomic mass is 19.3. The molecule has 5 rings (SSSR count). The largest absolute Gasteiger partial charge is 0.388 e. The number of β-amino-alcohol motifs (C(OH)–C–C–N with tert-alkyl or cyclic N) is 1. The molecule has 1 saturated heterocycles. The molecule has 3 heterocycles. The van der Waals surface area contributed by atoms with Crippen LogP contribution in [0.25, 0.3) is 0 Å². The molecule has 9 nitrogen and oxygen atoms in total. The van der Waals surface area contributed by atoms with E-state index in [1.54, 1.807) is 12.1 Å². The van der Waals surface area contributed by atoms with Gasteiger partial charge in [-0.2, -0.15) is 5.26 Å². The zero-order chi connectivity index (χ0) is 31.2. The second kappa shape index (κ2) is 11.3. The fraction of sp³-hybridized carbons (Fsp3) is 0.548. The Morgan fingerprint density at radius 1 is 1.19 bits per heavy atom. The van der Waals surface area contributed by atoms with Crippen molar-refractivity contribution in [2.45, 2.75) is 94.4 Å². The molecule has 0 spiro atoms. The van der Waals surface area contributed by atoms with E-state index in [2.05, 4.69) is 29.5 Å². The maximum Gasteiger partial charge on any atom is 0.251 e. The molecule has 2 fully saturated rings. The third-order valence-electron chi connectivity index (χ3n) is 8.86. The molecule has 3 atom stereocenters. The summed E-state index contributed by atoms with van der Waals surface area (Å²) < 4.78 is 42.3. The van der Waals surface area contributed by atoms with E-state index in [4.69, 9.17) is 0 Å². The van der Waals surface area contributed by atoms with Crippen LogP contribution in [0.2, 0.25) is 0 Å². The van der Waals surface area contributed by atoms with Gasteiger partial charge in [0.1, 0.15) is 17.9 Å². The van der Waals surface area contributed by atoms with E-state index in [1.165, 1.54) is 22.9 Å². The summed E-state index contributed by atoms with van der Waals surface area (Å²) in [6.07, 6.45) is 4.39. The number of likely N-dealkylation sites (tertiary alicyclic amines) is 1. The highest BCUT2D eigenvalue weighted by Gasteiger charge is 2.47. The lowest BCUT2D eigenvalue weighted by molar-refractivity contribution is -0.129. The van der Waals surface area contributed by atoms with E-state index < -0.39 is 47.3 Å². The first-order chi connectivity index (χ1) is 20.2. The first-order valence-electron chi connectivity index (χ1n) is 14.6. The van der Waals surface area contributed by atoms with Gasteiger partial charge in [-0.25, -0.2) is 13.2 Å². The van der Waals surface area contributed by atoms with Crippen molar-refractivity contribution in [3.05, 3.63) is 53.6 Å². The Hall–Kier alpha value is -3.85. The number of nitriles is 1. The number of alkyl halides is 2. The van der Waals surface area contributed by atoms with Gasteiger partial charge >= 0.3 is 0 Å². The van der Waals surface area contributed by atoms with E-state index in [0.29, 0.717) is 12.2 Å². The Bertz CT molecular complexity index is 1430. The predicted molar refractivity (Wildman–Crippen MR) is 154 cm³/mol. The van der Waals surface area contributed by atoms with Gasteiger partial charge in [-0.15, -0.1) is 0 Å². The van der Waals surface area contributed by atoms with Crippen molar-refractivity contribution in [3.8, 4) is 6.19 Å². The van der Waals surface area contributed by atoms with Crippen molar-refractivity contribution in [2.75, 3.05) is 23.3 Å². The van der Waals surface area contributed by atoms with E-state index in [1.807, 2.05) is 12.3 Å². The number of anilines is 2. The van der Waals surface area contributed by atoms with Crippen LogP contribution in [0, 0.1) is 17.3 Å². The normalized spacial score (nSPS) is 25.2. The summed E-state index contributed by atoms with van der Waals surface area (Å²) in [5.74, 6) is -4.86. The molecule has 1 aromatic heterocycles. The van der Waals surface area contributed by atoms with Crippen molar-refractivity contribution in [3.63, 3.8) is 0 Å². The zero-order valence-electron chi connectivity index (χ0n) is 24.5. The molecule has 230 valence electrons. The summed E-state index contributed by atoms with van der Waals surface area (Å²) in [4.78, 5) is 34.9. The number of pyridine rings is 1. The van der Waals surface area contributed by atoms with Crippen molar-refractivity contribution >= 4 is 23.2 Å². The van der Waals surface area contributed by atoms with Crippen LogP contribution in [-0.4, -0.2) is 63.5 Å². The lowest BCUT2D eigenvalue weighted by Gasteiger charge is -2.38. The molecule has 12 heteroatoms. The highest BCUT2D eigenvalue weighted by molar-refractivity contribution is 6.04. The number of amides is 2. The molecule has 1 aliphatic carbocycles. The lowest BCUT2D eigenvalue weighted by atomic mass is 9.78. The van der Waals surface area contributed by atoms with Crippen LogP contribution in [-0.2, 0) is 15.0 Å². The summed E-state index contributed by atoms with van der Waals surface area (Å²) in [7, 11) is 0. The zero-order valence-corrected chi connectivity index (χ0v) is 24.5. The fourth-order valence-corrected chi connectivity index (χ4v) is 6.48. The Kier molecular flexibility index (Phi) is 8.07. The van der Waals surface area contributed by atoms with Gasteiger partial charge in [0.15, 0.2) is 6.19 Å². The number of rotatable bonds is 6. The molecule has 43 heavy (non-hydrogen) atoms. The molecule has 3 N–H and O–H groups in total. The summed E-state index contributed by atoms with van der Waals surface area (Å²) in [6, 6.07) is 3.34. The number of fused-ring (bicyclic) bond motifs is 1. The number of halogens is 3. The number of carbonyl (C=O) groups is 2. The van der Waals surface area contributed by atoms with Crippen molar-refractivity contribution in [2.24, 2.45) is 0 Å². The molecule has 0 radical (unpaired) electrons. The molecule has 0 bridgehead atoms. The van der Waals surface area contributed by atoms with Gasteiger partial charge in [-0.1, -0.05) is 19.9 Å². The SMILES string of the molecule is CC1(C)CCNc2cc(N(C(=O)[C@H]3C[C@@](C)(O)CN3C#N)[C@@H](C(=O)NC3CCC(F)(F)CC3)c3cncc(F)c3)ccc21. The predicted octanol–water partition coefficient (Wildman–Crippen LogP) is 4.39. The van der Waals surface area contributed by atoms with Crippen molar-refractivity contribution in [1.29, 1.82) is 5.26 Å². The number of aliphatic hydroxyl groups is 1. The number of benzene rings is 1. The second-order valence-corrected chi connectivity index (χ2v) is 12.9. The molecule has 1 saturated carbocycles. The molecule has 2 amide bonds. The average Bonchev–Trinajstić information content (AvgIpc) is 3.26. The first kappa shape index (κ1) is 30.6. The van der Waals surface area contributed by atoms with Gasteiger partial charge in [0.25, 0.3) is 5.91 Å². The molecule has 3 aliphatic rings. The maximum atomic E-state index is 14.6. The Labute approximate surface area is 249 Å². The third-order valence-corrected chi connectivity index (χ3v) is 8.86. The van der Waals surface area contributed by atoms with Gasteiger partial charge < -0.3 is 15.7 Å². The van der Waals surface area contributed by atoms with Gasteiger partial charge in [-0.05, 0) is 55.4 Å². The van der Waals surface area contributed by atoms with Gasteiger partial charge in [-0.3, -0.25) is 24.4 Å². The van der Waals surface area contributed by atoms with Crippen LogP contribution >= 0.6 is 0 Å². The standard InChI is InChI=1S/C31H37F3N6O3/c1-29(2)10-11-37-24-13-22(4-5-23(24)29)40(28(42)25-14-30(3,43)17-39(25)18-35)26(19-12-20(32)16-36-15-19)27(41)38-21-6-8-31(33,34)9-7-21/h4-5,12-13,15-16,21,25-26,37,43H,6-11,14,17H2,1-3H3,(H,38,41)/t25-,26-,30-/m1/s1. The van der Waals surface area contributed by atoms with E-state index in [9.17, 15) is 33.1 Å². The summed E-state index contributed by atoms with van der Waals surface area (Å²) in [6.45, 7) is 6.36. The highest BCUT2D eigenvalue weighted by Crippen LogP contribution is 2.41. The molecular formula is C31H37F3N6O3. The maximum absolute atomic E-state index is 14.6. The summed E-state index contributed by atoms with van der Waals surface area (Å²) in [5.41, 5.74) is 0.697. The molecule has 0 unspecified atom stereocenters. The van der Waals surface area contributed by atoms with E-state index in [-0.39, 0.29) is 49.6 Å². The minimum Gasteiger partial charge on any atom is -0.388 e. The van der Waals surface area contributed by atoms with Crippen LogP contribution in [0.15, 0.2) is 36.7 Å². The number of aromatic nitrogens is 1. The van der Waals surface area contributed by atoms with Crippen LogP contribution in [0.3, 0.4) is 0 Å². The monoisotopic (exact) mass is 598 g/mol. The Morgan fingerprint density at radius 3 is 2.58 bits per heavy atom. The number of nitrogens with zero attached hydrogens (tertiary/aromatic N) is 4. The van der Waals surface area contributed by atoms with Crippen LogP contribution in [0.4, 0.5) is 24.5 Å². The lowest BCUT2D eigenvalue weighted by Crippen LogP contribution is -2.52. The molecule has 2 aromatic rings. The van der Waals surface area contributed by atoms with Crippen LogP contribution in [0.1, 0.15) is 76.5 Å². The van der Waals surface area contributed by atoms with E-state index in [0.717, 1.165) is 29.9 Å². The van der Waals surface area contributed by atoms with E-state index >= 15 is 0 Å². The van der Waals surface area contributed by atoms with Crippen molar-refractivity contribution < 1.29 is 27.9 Å². The minimum absolute atomic E-state index is 0.0480. The quantitative estimate of drug-likeness (QED) is 0.422.